The molecule has 0 aromatic heterocycles. The highest BCUT2D eigenvalue weighted by Crippen LogP contribution is 2.56. The Morgan fingerprint density at radius 1 is 0.370 bits per heavy atom. The minimum absolute atomic E-state index is 0.0172. The van der Waals surface area contributed by atoms with Crippen molar-refractivity contribution in [3.63, 3.8) is 0 Å². The Kier molecular flexibility index (Phi) is 11.9. The lowest BCUT2D eigenvalue weighted by Crippen LogP contribution is -2.61. The van der Waals surface area contributed by atoms with Gasteiger partial charge in [-0.15, -0.1) is 0 Å². The molecule has 4 aliphatic rings. The van der Waals surface area contributed by atoms with Crippen molar-refractivity contribution in [2.24, 2.45) is 0 Å². The largest absolute Gasteiger partial charge is 0.311 e. The lowest BCUT2D eigenvalue weighted by Gasteiger charge is -2.46. The highest BCUT2D eigenvalue weighted by Gasteiger charge is 2.49. The quantitative estimate of drug-likeness (QED) is 0.147. The van der Waals surface area contributed by atoms with Crippen LogP contribution in [0, 0.1) is 6.92 Å². The van der Waals surface area contributed by atoms with Crippen LogP contribution in [-0.4, -0.2) is 6.71 Å². The van der Waals surface area contributed by atoms with Crippen molar-refractivity contribution in [3.05, 3.63) is 227 Å². The lowest BCUT2D eigenvalue weighted by atomic mass is 9.33. The van der Waals surface area contributed by atoms with Gasteiger partial charge in [-0.1, -0.05) is 212 Å². The Bertz CT molecular complexity index is 3940. The first-order valence-corrected chi connectivity index (χ1v) is 29.8. The molecule has 4 heteroatoms. The van der Waals surface area contributed by atoms with E-state index in [0.717, 1.165) is 29.9 Å². The Morgan fingerprint density at radius 2 is 0.889 bits per heavy atom. The summed E-state index contributed by atoms with van der Waals surface area (Å²) in [5.41, 5.74) is 29.3. The summed E-state index contributed by atoms with van der Waals surface area (Å²) in [5.74, 6) is 0. The predicted octanol–water partition coefficient (Wildman–Crippen LogP) is 19.4. The topological polar surface area (TPSA) is 9.72 Å². The predicted molar refractivity (Wildman–Crippen MR) is 349 cm³/mol. The first-order chi connectivity index (χ1) is 38.3. The number of benzene rings is 9. The van der Waals surface area contributed by atoms with E-state index in [1.807, 2.05) is 0 Å². The zero-order chi connectivity index (χ0) is 56.9. The van der Waals surface area contributed by atoms with Gasteiger partial charge in [0, 0.05) is 51.1 Å². The number of hydrogen-bond donors (Lipinski definition) is 0. The van der Waals surface area contributed by atoms with Gasteiger partial charge in [-0.25, -0.2) is 0 Å². The second-order valence-corrected chi connectivity index (χ2v) is 29.0. The molecule has 0 atom stereocenters. The van der Waals surface area contributed by atoms with Crippen LogP contribution in [0.5, 0.6) is 0 Å². The van der Waals surface area contributed by atoms with E-state index in [2.05, 4.69) is 307 Å². The number of anilines is 9. The molecule has 0 N–H and O–H groups in total. The van der Waals surface area contributed by atoms with E-state index in [9.17, 15) is 0 Å². The van der Waals surface area contributed by atoms with Crippen molar-refractivity contribution in [3.8, 4) is 22.3 Å². The summed E-state index contributed by atoms with van der Waals surface area (Å²) < 4.78 is 0. The second kappa shape index (κ2) is 18.2. The van der Waals surface area contributed by atoms with Gasteiger partial charge in [-0.2, -0.15) is 0 Å². The van der Waals surface area contributed by atoms with Crippen LogP contribution in [0.15, 0.2) is 188 Å². The molecule has 2 heterocycles. The van der Waals surface area contributed by atoms with Crippen molar-refractivity contribution in [1.29, 1.82) is 0 Å². The fourth-order valence-electron chi connectivity index (χ4n) is 15.4. The molecule has 2 aliphatic heterocycles. The van der Waals surface area contributed by atoms with Crippen LogP contribution in [0.2, 0.25) is 0 Å². The molecule has 0 radical (unpaired) electrons. The van der Waals surface area contributed by atoms with E-state index in [0.29, 0.717) is 0 Å². The molecule has 9 aromatic rings. The van der Waals surface area contributed by atoms with Gasteiger partial charge in [0.1, 0.15) is 0 Å². The van der Waals surface area contributed by atoms with Crippen molar-refractivity contribution in [2.75, 3.05) is 14.7 Å². The van der Waals surface area contributed by atoms with Gasteiger partial charge in [0.15, 0.2) is 0 Å². The van der Waals surface area contributed by atoms with Gasteiger partial charge in [-0.3, -0.25) is 0 Å². The van der Waals surface area contributed by atoms with Crippen molar-refractivity contribution in [1.82, 2.24) is 0 Å². The average Bonchev–Trinajstić information content (AvgIpc) is 1.92. The molecule has 0 saturated heterocycles. The SMILES string of the molecule is Cc1ccc(-c2ccccc2)cc1N1c2cc(N(c3ccccc3)c3ccccc3)ccc2B2c3cc4c(cc3N(c3ccc(C(C)(C)C)cc3-c3ccc5c(c3)C(C)(C)CC5(C)C)c3cc(C(C)(C)C)cc1c32)C(C)(C)CC4(C)C. The van der Waals surface area contributed by atoms with Crippen molar-refractivity contribution >= 4 is 74.3 Å². The number of para-hydroxylation sites is 2. The summed E-state index contributed by atoms with van der Waals surface area (Å²) in [6, 6.07) is 72.6. The van der Waals surface area contributed by atoms with E-state index < -0.39 is 0 Å². The maximum atomic E-state index is 2.74. The summed E-state index contributed by atoms with van der Waals surface area (Å²) in [6.45, 7) is 36.2. The smallest absolute Gasteiger partial charge is 0.252 e. The number of nitrogens with zero attached hydrogens (tertiary/aromatic N) is 3. The van der Waals surface area contributed by atoms with Gasteiger partial charge in [0.2, 0.25) is 0 Å². The van der Waals surface area contributed by atoms with E-state index in [4.69, 9.17) is 0 Å². The molecule has 0 spiro atoms. The number of rotatable bonds is 7. The molecule has 0 unspecified atom stereocenters. The fourth-order valence-corrected chi connectivity index (χ4v) is 15.4. The van der Waals surface area contributed by atoms with Gasteiger partial charge in [0.05, 0.1) is 5.69 Å². The Hall–Kier alpha value is -7.56. The maximum absolute atomic E-state index is 2.74. The van der Waals surface area contributed by atoms with Gasteiger partial charge in [-0.05, 0) is 197 Å². The monoisotopic (exact) mass is 1060 g/mol. The van der Waals surface area contributed by atoms with E-state index in [1.54, 1.807) is 0 Å². The summed E-state index contributed by atoms with van der Waals surface area (Å²) in [6.07, 6.45) is 2.21. The number of fused-ring (bicyclic) bond motifs is 6. The summed E-state index contributed by atoms with van der Waals surface area (Å²) in [5, 5.41) is 0. The molecule has 0 amide bonds. The first kappa shape index (κ1) is 52.8. The third-order valence-corrected chi connectivity index (χ3v) is 19.0. The molecular weight excluding hydrogens is 978 g/mol. The van der Waals surface area contributed by atoms with Crippen molar-refractivity contribution in [2.45, 2.75) is 149 Å². The van der Waals surface area contributed by atoms with E-state index >= 15 is 0 Å². The van der Waals surface area contributed by atoms with E-state index in [1.165, 1.54) is 112 Å². The van der Waals surface area contributed by atoms with Crippen LogP contribution in [0.3, 0.4) is 0 Å². The molecule has 9 aromatic carbocycles. The summed E-state index contributed by atoms with van der Waals surface area (Å²) in [4.78, 5) is 7.83. The second-order valence-electron chi connectivity index (χ2n) is 29.0. The van der Waals surface area contributed by atoms with Gasteiger partial charge < -0.3 is 14.7 Å². The molecule has 0 saturated carbocycles. The van der Waals surface area contributed by atoms with Crippen LogP contribution in [-0.2, 0) is 32.5 Å². The minimum atomic E-state index is -0.194. The third kappa shape index (κ3) is 8.60. The van der Waals surface area contributed by atoms with Crippen LogP contribution < -0.4 is 31.1 Å². The summed E-state index contributed by atoms with van der Waals surface area (Å²) in [7, 11) is 0. The summed E-state index contributed by atoms with van der Waals surface area (Å²) >= 11 is 0. The van der Waals surface area contributed by atoms with Crippen LogP contribution in [0.4, 0.5) is 51.2 Å². The molecule has 13 rings (SSSR count). The standard InChI is InChI=1S/C77H80BN3/c1-49-31-32-51(50-25-19-16-20-26-50)40-66(49)81-67-44-57(79(55-27-21-17-22-28-55)56-29-23-18-24-30-56)35-37-63(67)78-64-45-61-62(77(14,15)48-76(61,12)13)46-68(64)80(69-42-54(73(5,6)7)43-70(81)71(69)78)65-38-34-53(72(2,3)4)41-58(65)52-33-36-59-60(39-52)75(10,11)47-74(59,8)9/h16-46H,47-48H2,1-15H3. The highest BCUT2D eigenvalue weighted by molar-refractivity contribution is 7.00. The zero-order valence-corrected chi connectivity index (χ0v) is 50.7. The molecule has 0 fully saturated rings. The van der Waals surface area contributed by atoms with Gasteiger partial charge >= 0.3 is 0 Å². The Labute approximate surface area is 484 Å². The third-order valence-electron chi connectivity index (χ3n) is 19.0. The lowest BCUT2D eigenvalue weighted by molar-refractivity contribution is 0.403. The van der Waals surface area contributed by atoms with Gasteiger partial charge in [0.25, 0.3) is 6.71 Å². The van der Waals surface area contributed by atoms with Crippen LogP contribution >= 0.6 is 0 Å². The first-order valence-electron chi connectivity index (χ1n) is 29.8. The van der Waals surface area contributed by atoms with E-state index in [-0.39, 0.29) is 39.2 Å². The van der Waals surface area contributed by atoms with Crippen LogP contribution in [0.25, 0.3) is 22.3 Å². The Balaban J connectivity index is 1.16. The fraction of sp³-hybridized carbons (Fsp3) is 0.299. The number of hydrogen-bond acceptors (Lipinski definition) is 3. The number of aryl methyl sites for hydroxylation is 1. The molecule has 406 valence electrons. The maximum Gasteiger partial charge on any atom is 0.252 e. The minimum Gasteiger partial charge on any atom is -0.311 e. The molecule has 2 aliphatic carbocycles. The normalized spacial score (nSPS) is 16.8. The molecular formula is C77H80BN3. The molecule has 3 nitrogen and oxygen atoms in total. The molecule has 81 heavy (non-hydrogen) atoms. The zero-order valence-electron chi connectivity index (χ0n) is 50.7. The molecule has 0 bridgehead atoms. The highest BCUT2D eigenvalue weighted by atomic mass is 15.2. The Morgan fingerprint density at radius 3 is 1.48 bits per heavy atom. The van der Waals surface area contributed by atoms with Crippen LogP contribution in [0.1, 0.15) is 149 Å². The van der Waals surface area contributed by atoms with Crippen molar-refractivity contribution < 1.29 is 0 Å². The average molecular weight is 1060 g/mol.